The summed E-state index contributed by atoms with van der Waals surface area (Å²) >= 11 is 1.41. The predicted octanol–water partition coefficient (Wildman–Crippen LogP) is 2.14. The summed E-state index contributed by atoms with van der Waals surface area (Å²) < 4.78 is 0. The molecule has 0 aliphatic rings. The van der Waals surface area contributed by atoms with E-state index in [1.807, 2.05) is 11.4 Å². The Kier molecular flexibility index (Phi) is 2.24. The van der Waals surface area contributed by atoms with Gasteiger partial charge in [0.1, 0.15) is 0 Å². The summed E-state index contributed by atoms with van der Waals surface area (Å²) in [5.41, 5.74) is 6.27. The maximum Gasteiger partial charge on any atom is 0.259 e. The molecule has 1 aromatic heterocycles. The Hall–Kier alpha value is -0.830. The highest BCUT2D eigenvalue weighted by Crippen LogP contribution is 2.29. The second-order valence-corrected chi connectivity index (χ2v) is 4.69. The Balaban J connectivity index is 3.17. The van der Waals surface area contributed by atoms with E-state index in [1.165, 1.54) is 11.3 Å². The average Bonchev–Trinajstić information content (AvgIpc) is 2.30. The van der Waals surface area contributed by atoms with Crippen LogP contribution in [-0.4, -0.2) is 5.91 Å². The van der Waals surface area contributed by atoms with E-state index < -0.39 is 0 Å². The van der Waals surface area contributed by atoms with E-state index >= 15 is 0 Å². The first-order chi connectivity index (χ1) is 5.43. The third-order valence-electron chi connectivity index (χ3n) is 1.70. The molecule has 0 aliphatic carbocycles. The number of nitrogens with two attached hydrogens (primary N) is 1. The number of primary amides is 1. The van der Waals surface area contributed by atoms with Crippen LogP contribution in [0.1, 0.15) is 36.0 Å². The average molecular weight is 183 g/mol. The van der Waals surface area contributed by atoms with Gasteiger partial charge in [-0.3, -0.25) is 4.79 Å². The van der Waals surface area contributed by atoms with Gasteiger partial charge in [0.2, 0.25) is 0 Å². The number of hydrogen-bond acceptors (Lipinski definition) is 2. The van der Waals surface area contributed by atoms with Crippen LogP contribution in [0.25, 0.3) is 0 Å². The van der Waals surface area contributed by atoms with Crippen molar-refractivity contribution >= 4 is 17.2 Å². The van der Waals surface area contributed by atoms with E-state index in [4.69, 9.17) is 5.73 Å². The molecule has 2 N–H and O–H groups in total. The molecule has 1 aromatic rings. The molecule has 0 saturated carbocycles. The zero-order chi connectivity index (χ0) is 9.35. The Morgan fingerprint density at radius 3 is 2.42 bits per heavy atom. The number of thiophene rings is 1. The van der Waals surface area contributed by atoms with E-state index in [-0.39, 0.29) is 11.3 Å². The van der Waals surface area contributed by atoms with E-state index in [9.17, 15) is 4.79 Å². The van der Waals surface area contributed by atoms with Gasteiger partial charge >= 0.3 is 0 Å². The molecule has 0 atom stereocenters. The maximum absolute atomic E-state index is 11.0. The molecule has 0 fully saturated rings. The lowest BCUT2D eigenvalue weighted by Gasteiger charge is -2.17. The van der Waals surface area contributed by atoms with Gasteiger partial charge in [0.15, 0.2) is 0 Å². The third kappa shape index (κ3) is 1.67. The smallest absolute Gasteiger partial charge is 0.259 e. The Bertz CT molecular complexity index is 296. The molecule has 0 bridgehead atoms. The molecular weight excluding hydrogens is 170 g/mol. The Morgan fingerprint density at radius 1 is 1.50 bits per heavy atom. The van der Waals surface area contributed by atoms with Crippen LogP contribution in [0.4, 0.5) is 0 Å². The first-order valence-corrected chi connectivity index (χ1v) is 4.68. The molecule has 1 heterocycles. The fraction of sp³-hybridized carbons (Fsp3) is 0.444. The summed E-state index contributed by atoms with van der Waals surface area (Å²) in [4.78, 5) is 11.6. The van der Waals surface area contributed by atoms with Crippen molar-refractivity contribution in [2.75, 3.05) is 0 Å². The highest BCUT2D eigenvalue weighted by molar-refractivity contribution is 7.12. The summed E-state index contributed by atoms with van der Waals surface area (Å²) in [6, 6.07) is 1.96. The Morgan fingerprint density at radius 2 is 2.08 bits per heavy atom. The van der Waals surface area contributed by atoms with Crippen molar-refractivity contribution < 1.29 is 4.79 Å². The zero-order valence-electron chi connectivity index (χ0n) is 7.55. The van der Waals surface area contributed by atoms with Crippen molar-refractivity contribution in [3.05, 3.63) is 21.9 Å². The van der Waals surface area contributed by atoms with Crippen LogP contribution in [0.15, 0.2) is 11.4 Å². The normalized spacial score (nSPS) is 11.6. The summed E-state index contributed by atoms with van der Waals surface area (Å²) in [6.07, 6.45) is 0. The molecule has 0 saturated heterocycles. The van der Waals surface area contributed by atoms with Crippen molar-refractivity contribution in [2.45, 2.75) is 26.2 Å². The highest BCUT2D eigenvalue weighted by atomic mass is 32.1. The maximum atomic E-state index is 11.0. The number of hydrogen-bond donors (Lipinski definition) is 1. The molecule has 66 valence electrons. The topological polar surface area (TPSA) is 43.1 Å². The van der Waals surface area contributed by atoms with Gasteiger partial charge < -0.3 is 5.73 Å². The largest absolute Gasteiger partial charge is 0.365 e. The lowest BCUT2D eigenvalue weighted by atomic mass is 9.87. The number of carbonyl (C=O) groups excluding carboxylic acids is 1. The van der Waals surface area contributed by atoms with E-state index in [0.717, 1.165) is 5.56 Å². The van der Waals surface area contributed by atoms with E-state index in [2.05, 4.69) is 20.8 Å². The van der Waals surface area contributed by atoms with E-state index in [0.29, 0.717) is 4.88 Å². The van der Waals surface area contributed by atoms with Crippen LogP contribution in [0.3, 0.4) is 0 Å². The fourth-order valence-corrected chi connectivity index (χ4v) is 2.05. The van der Waals surface area contributed by atoms with Gasteiger partial charge in [0.05, 0.1) is 4.88 Å². The van der Waals surface area contributed by atoms with Crippen molar-refractivity contribution in [3.63, 3.8) is 0 Å². The highest BCUT2D eigenvalue weighted by Gasteiger charge is 2.21. The molecular formula is C9H13NOS. The van der Waals surface area contributed by atoms with Gasteiger partial charge in [0.25, 0.3) is 5.91 Å². The molecule has 12 heavy (non-hydrogen) atoms. The quantitative estimate of drug-likeness (QED) is 0.712. The third-order valence-corrected chi connectivity index (χ3v) is 2.63. The predicted molar refractivity (Wildman–Crippen MR) is 51.5 cm³/mol. The van der Waals surface area contributed by atoms with Crippen LogP contribution in [-0.2, 0) is 5.41 Å². The van der Waals surface area contributed by atoms with Gasteiger partial charge in [-0.1, -0.05) is 20.8 Å². The van der Waals surface area contributed by atoms with Crippen molar-refractivity contribution in [1.29, 1.82) is 0 Å². The van der Waals surface area contributed by atoms with Gasteiger partial charge in [-0.25, -0.2) is 0 Å². The van der Waals surface area contributed by atoms with Crippen LogP contribution in [0.5, 0.6) is 0 Å². The summed E-state index contributed by atoms with van der Waals surface area (Å²) in [5, 5.41) is 1.90. The lowest BCUT2D eigenvalue weighted by molar-refractivity contribution is 0.100. The monoisotopic (exact) mass is 183 g/mol. The standard InChI is InChI=1S/C9H13NOS/c1-9(2,3)6-4-5-12-7(6)8(10)11/h4-5H,1-3H3,(H2,10,11). The van der Waals surface area contributed by atoms with E-state index in [1.54, 1.807) is 0 Å². The fourth-order valence-electron chi connectivity index (χ4n) is 1.09. The molecule has 1 rings (SSSR count). The van der Waals surface area contributed by atoms with Crippen molar-refractivity contribution in [1.82, 2.24) is 0 Å². The SMILES string of the molecule is CC(C)(C)c1ccsc1C(N)=O. The minimum absolute atomic E-state index is 0.00433. The van der Waals surface area contributed by atoms with Crippen molar-refractivity contribution in [2.24, 2.45) is 5.73 Å². The Labute approximate surface area is 76.4 Å². The summed E-state index contributed by atoms with van der Waals surface area (Å²) in [7, 11) is 0. The molecule has 0 spiro atoms. The summed E-state index contributed by atoms with van der Waals surface area (Å²) in [6.45, 7) is 6.21. The minimum atomic E-state index is -0.324. The molecule has 2 nitrogen and oxygen atoms in total. The molecule has 0 aromatic carbocycles. The summed E-state index contributed by atoms with van der Waals surface area (Å²) in [5.74, 6) is -0.324. The van der Waals surface area contributed by atoms with Gasteiger partial charge in [-0.15, -0.1) is 11.3 Å². The lowest BCUT2D eigenvalue weighted by Crippen LogP contribution is -2.18. The second-order valence-electron chi connectivity index (χ2n) is 3.78. The first-order valence-electron chi connectivity index (χ1n) is 3.80. The second kappa shape index (κ2) is 2.90. The molecule has 0 unspecified atom stereocenters. The van der Waals surface area contributed by atoms with Gasteiger partial charge in [-0.2, -0.15) is 0 Å². The van der Waals surface area contributed by atoms with Crippen LogP contribution in [0, 0.1) is 0 Å². The van der Waals surface area contributed by atoms with Crippen LogP contribution in [0.2, 0.25) is 0 Å². The first kappa shape index (κ1) is 9.26. The molecule has 1 amide bonds. The minimum Gasteiger partial charge on any atom is -0.365 e. The zero-order valence-corrected chi connectivity index (χ0v) is 8.37. The molecule has 0 radical (unpaired) electrons. The van der Waals surface area contributed by atoms with Crippen molar-refractivity contribution in [3.8, 4) is 0 Å². The van der Waals surface area contributed by atoms with Crippen LogP contribution >= 0.6 is 11.3 Å². The van der Waals surface area contributed by atoms with Gasteiger partial charge in [0, 0.05) is 0 Å². The number of rotatable bonds is 1. The number of amides is 1. The molecule has 3 heteroatoms. The molecule has 0 aliphatic heterocycles. The number of carbonyl (C=O) groups is 1. The van der Waals surface area contributed by atoms with Crippen LogP contribution < -0.4 is 5.73 Å². The van der Waals surface area contributed by atoms with Gasteiger partial charge in [-0.05, 0) is 22.4 Å².